The molecule has 0 aliphatic carbocycles. The fraction of sp³-hybridized carbons (Fsp3) is 0.875. The van der Waals surface area contributed by atoms with Gasteiger partial charge in [-0.3, -0.25) is 4.79 Å². The highest BCUT2D eigenvalue weighted by molar-refractivity contribution is 7.80. The van der Waals surface area contributed by atoms with Crippen molar-refractivity contribution >= 4 is 18.5 Å². The fourth-order valence-corrected chi connectivity index (χ4v) is 1.71. The second-order valence-corrected chi connectivity index (χ2v) is 4.07. The van der Waals surface area contributed by atoms with Gasteiger partial charge in [0.25, 0.3) is 0 Å². The van der Waals surface area contributed by atoms with Crippen molar-refractivity contribution in [3.63, 3.8) is 0 Å². The first-order valence-corrected chi connectivity index (χ1v) is 4.56. The molecule has 0 spiro atoms. The third-order valence-electron chi connectivity index (χ3n) is 2.35. The highest BCUT2D eigenvalue weighted by atomic mass is 32.1. The number of amides is 1. The van der Waals surface area contributed by atoms with Gasteiger partial charge in [-0.25, -0.2) is 0 Å². The fourth-order valence-electron chi connectivity index (χ4n) is 1.47. The van der Waals surface area contributed by atoms with Crippen LogP contribution >= 0.6 is 12.6 Å². The molecule has 1 saturated heterocycles. The molecular formula is C8H15NOS. The molecule has 0 aromatic carbocycles. The van der Waals surface area contributed by atoms with E-state index in [0.29, 0.717) is 11.2 Å². The van der Waals surface area contributed by atoms with E-state index in [1.165, 1.54) is 0 Å². The van der Waals surface area contributed by atoms with Crippen molar-refractivity contribution in [1.82, 2.24) is 4.90 Å². The maximum absolute atomic E-state index is 10.9. The summed E-state index contributed by atoms with van der Waals surface area (Å²) in [6.07, 6.45) is 1.12. The van der Waals surface area contributed by atoms with E-state index >= 15 is 0 Å². The maximum Gasteiger partial charge on any atom is 0.219 e. The van der Waals surface area contributed by atoms with E-state index in [2.05, 4.69) is 19.6 Å². The van der Waals surface area contributed by atoms with Gasteiger partial charge < -0.3 is 4.90 Å². The minimum absolute atomic E-state index is 0.196. The van der Waals surface area contributed by atoms with Crippen LogP contribution in [0, 0.1) is 5.92 Å². The largest absolute Gasteiger partial charge is 0.343 e. The summed E-state index contributed by atoms with van der Waals surface area (Å²) in [6, 6.07) is 0. The average molecular weight is 173 g/mol. The monoisotopic (exact) mass is 173 g/mol. The van der Waals surface area contributed by atoms with Crippen LogP contribution in [-0.4, -0.2) is 29.1 Å². The molecule has 1 aliphatic rings. The molecule has 0 bridgehead atoms. The molecular weight excluding hydrogens is 158 g/mol. The zero-order valence-electron chi connectivity index (χ0n) is 7.08. The van der Waals surface area contributed by atoms with Crippen LogP contribution in [-0.2, 0) is 4.79 Å². The molecule has 11 heavy (non-hydrogen) atoms. The van der Waals surface area contributed by atoms with E-state index in [4.69, 9.17) is 0 Å². The molecule has 1 aliphatic heterocycles. The predicted octanol–water partition coefficient (Wildman–Crippen LogP) is 1.17. The Morgan fingerprint density at radius 3 is 2.64 bits per heavy atom. The van der Waals surface area contributed by atoms with Gasteiger partial charge in [0.1, 0.15) is 0 Å². The van der Waals surface area contributed by atoms with Crippen molar-refractivity contribution in [2.75, 3.05) is 13.1 Å². The molecule has 1 fully saturated rings. The molecule has 0 aromatic heterocycles. The van der Waals surface area contributed by atoms with Crippen LogP contribution in [0.25, 0.3) is 0 Å². The van der Waals surface area contributed by atoms with Crippen molar-refractivity contribution in [2.24, 2.45) is 5.92 Å². The Balaban J connectivity index is 2.41. The lowest BCUT2D eigenvalue weighted by Crippen LogP contribution is -2.27. The molecule has 2 unspecified atom stereocenters. The zero-order valence-corrected chi connectivity index (χ0v) is 7.97. The van der Waals surface area contributed by atoms with Crippen molar-refractivity contribution in [2.45, 2.75) is 25.5 Å². The Kier molecular flexibility index (Phi) is 2.82. The number of carbonyl (C=O) groups is 1. The van der Waals surface area contributed by atoms with Gasteiger partial charge in [-0.15, -0.1) is 0 Å². The normalized spacial score (nSPS) is 27.2. The minimum Gasteiger partial charge on any atom is -0.343 e. The summed E-state index contributed by atoms with van der Waals surface area (Å²) in [5.41, 5.74) is 0. The first-order chi connectivity index (χ1) is 5.11. The van der Waals surface area contributed by atoms with E-state index in [0.717, 1.165) is 19.5 Å². The highest BCUT2D eigenvalue weighted by Crippen LogP contribution is 2.22. The standard InChI is InChI=1S/C8H15NOS/c1-6(11)8-3-4-9(5-8)7(2)10/h6,8,11H,3-5H2,1-2H3. The number of hydrogen-bond donors (Lipinski definition) is 1. The number of likely N-dealkylation sites (tertiary alicyclic amines) is 1. The van der Waals surface area contributed by atoms with Gasteiger partial charge in [0.2, 0.25) is 5.91 Å². The highest BCUT2D eigenvalue weighted by Gasteiger charge is 2.26. The first-order valence-electron chi connectivity index (χ1n) is 4.05. The summed E-state index contributed by atoms with van der Waals surface area (Å²) in [7, 11) is 0. The van der Waals surface area contributed by atoms with Crippen LogP contribution in [0.2, 0.25) is 0 Å². The van der Waals surface area contributed by atoms with E-state index in [-0.39, 0.29) is 5.91 Å². The summed E-state index contributed by atoms with van der Waals surface area (Å²) in [5.74, 6) is 0.795. The Labute approximate surface area is 73.4 Å². The van der Waals surface area contributed by atoms with Gasteiger partial charge in [-0.05, 0) is 12.3 Å². The smallest absolute Gasteiger partial charge is 0.219 e. The van der Waals surface area contributed by atoms with Gasteiger partial charge in [0.05, 0.1) is 0 Å². The van der Waals surface area contributed by atoms with E-state index in [1.807, 2.05) is 4.90 Å². The lowest BCUT2D eigenvalue weighted by atomic mass is 10.1. The molecule has 64 valence electrons. The van der Waals surface area contributed by atoms with Crippen LogP contribution < -0.4 is 0 Å². The van der Waals surface area contributed by atoms with Gasteiger partial charge in [0.15, 0.2) is 0 Å². The van der Waals surface area contributed by atoms with Gasteiger partial charge in [-0.2, -0.15) is 12.6 Å². The van der Waals surface area contributed by atoms with E-state index in [1.54, 1.807) is 6.92 Å². The molecule has 2 atom stereocenters. The lowest BCUT2D eigenvalue weighted by molar-refractivity contribution is -0.127. The van der Waals surface area contributed by atoms with Crippen molar-refractivity contribution in [3.8, 4) is 0 Å². The Hall–Kier alpha value is -0.180. The number of hydrogen-bond acceptors (Lipinski definition) is 2. The molecule has 1 rings (SSSR count). The van der Waals surface area contributed by atoms with Crippen LogP contribution in [0.4, 0.5) is 0 Å². The van der Waals surface area contributed by atoms with Gasteiger partial charge in [-0.1, -0.05) is 6.92 Å². The molecule has 0 radical (unpaired) electrons. The van der Waals surface area contributed by atoms with Crippen LogP contribution in [0.3, 0.4) is 0 Å². The minimum atomic E-state index is 0.196. The van der Waals surface area contributed by atoms with Crippen LogP contribution in [0.5, 0.6) is 0 Å². The molecule has 2 nitrogen and oxygen atoms in total. The quantitative estimate of drug-likeness (QED) is 0.590. The topological polar surface area (TPSA) is 20.3 Å². The van der Waals surface area contributed by atoms with Crippen molar-refractivity contribution in [3.05, 3.63) is 0 Å². The second-order valence-electron chi connectivity index (χ2n) is 3.25. The Bertz CT molecular complexity index is 158. The third-order valence-corrected chi connectivity index (χ3v) is 2.77. The molecule has 3 heteroatoms. The summed E-state index contributed by atoms with van der Waals surface area (Å²) in [6.45, 7) is 5.55. The summed E-state index contributed by atoms with van der Waals surface area (Å²) < 4.78 is 0. The summed E-state index contributed by atoms with van der Waals surface area (Å²) >= 11 is 4.36. The van der Waals surface area contributed by atoms with E-state index in [9.17, 15) is 4.79 Å². The van der Waals surface area contributed by atoms with E-state index < -0.39 is 0 Å². The summed E-state index contributed by atoms with van der Waals surface area (Å²) in [5, 5.41) is 0.416. The molecule has 0 saturated carbocycles. The second kappa shape index (κ2) is 3.48. The molecule has 0 N–H and O–H groups in total. The van der Waals surface area contributed by atoms with Gasteiger partial charge in [0, 0.05) is 25.3 Å². The SMILES string of the molecule is CC(=O)N1CCC(C(C)S)C1. The molecule has 1 heterocycles. The summed E-state index contributed by atoms with van der Waals surface area (Å²) in [4.78, 5) is 12.8. The zero-order chi connectivity index (χ0) is 8.43. The average Bonchev–Trinajstić information content (AvgIpc) is 2.33. The third kappa shape index (κ3) is 2.12. The number of thiol groups is 1. The van der Waals surface area contributed by atoms with Crippen molar-refractivity contribution < 1.29 is 4.79 Å². The van der Waals surface area contributed by atoms with Crippen molar-refractivity contribution in [1.29, 1.82) is 0 Å². The first kappa shape index (κ1) is 8.91. The maximum atomic E-state index is 10.9. The number of carbonyl (C=O) groups excluding carboxylic acids is 1. The molecule has 0 aromatic rings. The Morgan fingerprint density at radius 2 is 2.36 bits per heavy atom. The predicted molar refractivity (Wildman–Crippen MR) is 48.8 cm³/mol. The Morgan fingerprint density at radius 1 is 1.73 bits per heavy atom. The number of nitrogens with zero attached hydrogens (tertiary/aromatic N) is 1. The van der Waals surface area contributed by atoms with Crippen LogP contribution in [0.15, 0.2) is 0 Å². The number of rotatable bonds is 1. The van der Waals surface area contributed by atoms with Gasteiger partial charge >= 0.3 is 0 Å². The molecule has 1 amide bonds. The van der Waals surface area contributed by atoms with Crippen LogP contribution in [0.1, 0.15) is 20.3 Å². The lowest BCUT2D eigenvalue weighted by Gasteiger charge is -2.15.